The summed E-state index contributed by atoms with van der Waals surface area (Å²) in [5.41, 5.74) is 0.641. The molecular formula is C11H9BrN2O5S. The zero-order chi connectivity index (χ0) is 14.9. The van der Waals surface area contributed by atoms with Gasteiger partial charge < -0.3 is 9.52 Å². The lowest BCUT2D eigenvalue weighted by Crippen LogP contribution is -2.14. The number of nitrogens with zero attached hydrogens (tertiary/aromatic N) is 1. The minimum Gasteiger partial charge on any atom is -0.475 e. The second-order valence-electron chi connectivity index (χ2n) is 3.82. The van der Waals surface area contributed by atoms with Crippen molar-refractivity contribution in [3.05, 3.63) is 40.4 Å². The van der Waals surface area contributed by atoms with Gasteiger partial charge in [0.05, 0.1) is 0 Å². The van der Waals surface area contributed by atoms with Crippen LogP contribution in [0.5, 0.6) is 0 Å². The van der Waals surface area contributed by atoms with Gasteiger partial charge >= 0.3 is 5.97 Å². The van der Waals surface area contributed by atoms with E-state index in [1.807, 2.05) is 0 Å². The van der Waals surface area contributed by atoms with Crippen LogP contribution in [-0.2, 0) is 10.0 Å². The van der Waals surface area contributed by atoms with Crippen LogP contribution in [0.4, 0.5) is 5.82 Å². The number of furan rings is 1. The van der Waals surface area contributed by atoms with Gasteiger partial charge in [0.15, 0.2) is 4.67 Å². The summed E-state index contributed by atoms with van der Waals surface area (Å²) in [4.78, 5) is 14.4. The average Bonchev–Trinajstić information content (AvgIpc) is 2.71. The van der Waals surface area contributed by atoms with Gasteiger partial charge in [-0.2, -0.15) is 0 Å². The first-order chi connectivity index (χ1) is 9.29. The molecule has 0 aromatic carbocycles. The molecule has 0 amide bonds. The van der Waals surface area contributed by atoms with Crippen LogP contribution in [0.15, 0.2) is 38.2 Å². The number of halogens is 1. The third kappa shape index (κ3) is 2.99. The van der Waals surface area contributed by atoms with E-state index in [2.05, 4.69) is 25.6 Å². The summed E-state index contributed by atoms with van der Waals surface area (Å²) in [5.74, 6) is -1.70. The van der Waals surface area contributed by atoms with Crippen LogP contribution < -0.4 is 4.72 Å². The Hall–Kier alpha value is -1.87. The normalized spacial score (nSPS) is 11.3. The zero-order valence-corrected chi connectivity index (χ0v) is 12.5. The number of carboxylic acid groups (broad SMARTS) is 1. The van der Waals surface area contributed by atoms with E-state index >= 15 is 0 Å². The molecule has 0 fully saturated rings. The molecule has 0 bridgehead atoms. The van der Waals surface area contributed by atoms with Crippen molar-refractivity contribution in [2.24, 2.45) is 0 Å². The SMILES string of the molecule is Cc1cccc(NS(=O)(=O)c2cc(C(=O)O)oc2Br)n1. The summed E-state index contributed by atoms with van der Waals surface area (Å²) in [5, 5.41) is 8.77. The molecule has 2 heterocycles. The van der Waals surface area contributed by atoms with E-state index in [0.29, 0.717) is 5.69 Å². The number of hydrogen-bond donors (Lipinski definition) is 2. The van der Waals surface area contributed by atoms with Crippen molar-refractivity contribution in [1.29, 1.82) is 0 Å². The average molecular weight is 361 g/mol. The fourth-order valence-corrected chi connectivity index (χ4v) is 3.38. The van der Waals surface area contributed by atoms with Crippen LogP contribution in [-0.4, -0.2) is 24.5 Å². The monoisotopic (exact) mass is 360 g/mol. The fourth-order valence-electron chi connectivity index (χ4n) is 1.43. The van der Waals surface area contributed by atoms with Crippen molar-refractivity contribution in [1.82, 2.24) is 4.98 Å². The third-order valence-corrected chi connectivity index (χ3v) is 4.49. The molecule has 9 heteroatoms. The Kier molecular flexibility index (Phi) is 3.82. The second kappa shape index (κ2) is 5.25. The first-order valence-corrected chi connectivity index (χ1v) is 7.56. The molecule has 106 valence electrons. The number of nitrogens with one attached hydrogen (secondary N) is 1. The standard InChI is InChI=1S/C11H9BrN2O5S/c1-6-3-2-4-9(13-6)14-20(17,18)8-5-7(11(15)16)19-10(8)12/h2-5H,1H3,(H,13,14)(H,15,16). The van der Waals surface area contributed by atoms with Gasteiger partial charge in [-0.3, -0.25) is 4.72 Å². The molecule has 7 nitrogen and oxygen atoms in total. The Balaban J connectivity index is 2.38. The van der Waals surface area contributed by atoms with Gasteiger partial charge in [-0.25, -0.2) is 18.2 Å². The summed E-state index contributed by atoms with van der Waals surface area (Å²) >= 11 is 2.88. The van der Waals surface area contributed by atoms with Gasteiger partial charge in [-0.05, 0) is 35.0 Å². The molecular weight excluding hydrogens is 352 g/mol. The molecule has 0 atom stereocenters. The van der Waals surface area contributed by atoms with Crippen LogP contribution in [0.3, 0.4) is 0 Å². The quantitative estimate of drug-likeness (QED) is 0.864. The Morgan fingerprint density at radius 3 is 2.70 bits per heavy atom. The van der Waals surface area contributed by atoms with Crippen molar-refractivity contribution in [2.45, 2.75) is 11.8 Å². The predicted molar refractivity (Wildman–Crippen MR) is 73.1 cm³/mol. The lowest BCUT2D eigenvalue weighted by atomic mass is 10.4. The number of aryl methyl sites for hydroxylation is 1. The molecule has 0 saturated heterocycles. The molecule has 0 aliphatic heterocycles. The van der Waals surface area contributed by atoms with Crippen LogP contribution in [0, 0.1) is 6.92 Å². The molecule has 0 radical (unpaired) electrons. The van der Waals surface area contributed by atoms with Gasteiger partial charge in [-0.1, -0.05) is 6.07 Å². The largest absolute Gasteiger partial charge is 0.475 e. The maximum absolute atomic E-state index is 12.1. The summed E-state index contributed by atoms with van der Waals surface area (Å²) < 4.78 is 31.1. The number of hydrogen-bond acceptors (Lipinski definition) is 5. The molecule has 20 heavy (non-hydrogen) atoms. The molecule has 0 unspecified atom stereocenters. The van der Waals surface area contributed by atoms with Crippen molar-refractivity contribution < 1.29 is 22.7 Å². The van der Waals surface area contributed by atoms with Gasteiger partial charge in [0.1, 0.15) is 10.7 Å². The van der Waals surface area contributed by atoms with E-state index in [1.54, 1.807) is 19.1 Å². The van der Waals surface area contributed by atoms with Crippen molar-refractivity contribution in [2.75, 3.05) is 4.72 Å². The molecule has 2 N–H and O–H groups in total. The maximum atomic E-state index is 12.1. The summed E-state index contributed by atoms with van der Waals surface area (Å²) in [6.07, 6.45) is 0. The van der Waals surface area contributed by atoms with E-state index < -0.39 is 21.8 Å². The van der Waals surface area contributed by atoms with Crippen molar-refractivity contribution in [3.63, 3.8) is 0 Å². The molecule has 0 saturated carbocycles. The number of anilines is 1. The van der Waals surface area contributed by atoms with Crippen molar-refractivity contribution >= 4 is 37.7 Å². The summed E-state index contributed by atoms with van der Waals surface area (Å²) in [6, 6.07) is 5.77. The van der Waals surface area contributed by atoms with E-state index in [-0.39, 0.29) is 15.4 Å². The lowest BCUT2D eigenvalue weighted by Gasteiger charge is -2.05. The topological polar surface area (TPSA) is 110 Å². The first kappa shape index (κ1) is 14.5. The fraction of sp³-hybridized carbons (Fsp3) is 0.0909. The molecule has 0 aliphatic rings. The van der Waals surface area contributed by atoms with E-state index in [0.717, 1.165) is 6.07 Å². The number of pyridine rings is 1. The second-order valence-corrected chi connectivity index (χ2v) is 6.19. The van der Waals surface area contributed by atoms with E-state index in [4.69, 9.17) is 9.52 Å². The molecule has 0 aliphatic carbocycles. The highest BCUT2D eigenvalue weighted by molar-refractivity contribution is 9.10. The highest BCUT2D eigenvalue weighted by Crippen LogP contribution is 2.27. The third-order valence-electron chi connectivity index (χ3n) is 2.28. The smallest absolute Gasteiger partial charge is 0.371 e. The van der Waals surface area contributed by atoms with E-state index in [1.165, 1.54) is 6.07 Å². The maximum Gasteiger partial charge on any atom is 0.371 e. The molecule has 0 spiro atoms. The van der Waals surface area contributed by atoms with Gasteiger partial charge in [0.25, 0.3) is 10.0 Å². The number of carbonyl (C=O) groups is 1. The Labute approximate surface area is 122 Å². The lowest BCUT2D eigenvalue weighted by molar-refractivity contribution is 0.0661. The summed E-state index contributed by atoms with van der Waals surface area (Å²) in [7, 11) is -3.99. The number of rotatable bonds is 4. The Morgan fingerprint density at radius 1 is 1.45 bits per heavy atom. The van der Waals surface area contributed by atoms with Gasteiger partial charge in [0, 0.05) is 11.8 Å². The molecule has 2 aromatic rings. The minimum absolute atomic E-state index is 0.134. The Bertz CT molecular complexity index is 769. The zero-order valence-electron chi connectivity index (χ0n) is 10.1. The molecule has 2 rings (SSSR count). The minimum atomic E-state index is -3.99. The highest BCUT2D eigenvalue weighted by atomic mass is 79.9. The van der Waals surface area contributed by atoms with Crippen molar-refractivity contribution in [3.8, 4) is 0 Å². The van der Waals surface area contributed by atoms with Crippen LogP contribution in [0.25, 0.3) is 0 Å². The summed E-state index contributed by atoms with van der Waals surface area (Å²) in [6.45, 7) is 1.72. The predicted octanol–water partition coefficient (Wildman–Crippen LogP) is 2.24. The number of carboxylic acids is 1. The Morgan fingerprint density at radius 2 is 2.15 bits per heavy atom. The van der Waals surface area contributed by atoms with Gasteiger partial charge in [-0.15, -0.1) is 0 Å². The first-order valence-electron chi connectivity index (χ1n) is 5.29. The van der Waals surface area contributed by atoms with E-state index in [9.17, 15) is 13.2 Å². The molecule has 2 aromatic heterocycles. The highest BCUT2D eigenvalue weighted by Gasteiger charge is 2.25. The van der Waals surface area contributed by atoms with Crippen LogP contribution in [0.2, 0.25) is 0 Å². The number of aromatic nitrogens is 1. The number of aromatic carboxylic acids is 1. The van der Waals surface area contributed by atoms with Crippen LogP contribution >= 0.6 is 15.9 Å². The van der Waals surface area contributed by atoms with Gasteiger partial charge in [0.2, 0.25) is 5.76 Å². The number of sulfonamides is 1. The van der Waals surface area contributed by atoms with Crippen LogP contribution in [0.1, 0.15) is 16.2 Å².